The first-order chi connectivity index (χ1) is 8.51. The van der Waals surface area contributed by atoms with Gasteiger partial charge in [0.2, 0.25) is 5.91 Å². The summed E-state index contributed by atoms with van der Waals surface area (Å²) in [5, 5.41) is 1.18. The Morgan fingerprint density at radius 1 is 1.16 bits per heavy atom. The van der Waals surface area contributed by atoms with Crippen LogP contribution in [-0.4, -0.2) is 34.2 Å². The van der Waals surface area contributed by atoms with E-state index in [1.807, 2.05) is 0 Å². The van der Waals surface area contributed by atoms with Gasteiger partial charge in [-0.25, -0.2) is 16.8 Å². The highest BCUT2D eigenvalue weighted by Crippen LogP contribution is 2.18. The maximum absolute atomic E-state index is 11.6. The Morgan fingerprint density at radius 2 is 1.63 bits per heavy atom. The third-order valence-electron chi connectivity index (χ3n) is 2.41. The number of hydrogen-bond acceptors (Lipinski definition) is 5. The van der Waals surface area contributed by atoms with Crippen molar-refractivity contribution in [3.05, 3.63) is 24.3 Å². The van der Waals surface area contributed by atoms with E-state index in [2.05, 4.69) is 5.32 Å². The topological polar surface area (TPSA) is 97.4 Å². The lowest BCUT2D eigenvalue weighted by Crippen LogP contribution is -2.31. The molecule has 6 nitrogen and oxygen atoms in total. The standard InChI is InChI=1S/C10H12ClNO5S2/c1-7(18(2,14)15)10(13)12-8-3-5-9(6-4-8)19(11,16)17/h3-7H,1-2H3,(H,12,13). The van der Waals surface area contributed by atoms with Gasteiger partial charge in [0.15, 0.2) is 9.84 Å². The zero-order chi connectivity index (χ0) is 14.8. The molecule has 9 heteroatoms. The largest absolute Gasteiger partial charge is 0.325 e. The highest BCUT2D eigenvalue weighted by Gasteiger charge is 2.23. The van der Waals surface area contributed by atoms with E-state index in [-0.39, 0.29) is 10.6 Å². The summed E-state index contributed by atoms with van der Waals surface area (Å²) in [7, 11) is -2.17. The van der Waals surface area contributed by atoms with Gasteiger partial charge in [0.1, 0.15) is 5.25 Å². The summed E-state index contributed by atoms with van der Waals surface area (Å²) in [6.07, 6.45) is 0.959. The predicted molar refractivity (Wildman–Crippen MR) is 72.4 cm³/mol. The number of rotatable bonds is 4. The number of sulfone groups is 1. The van der Waals surface area contributed by atoms with Crippen LogP contribution in [0.1, 0.15) is 6.92 Å². The number of halogens is 1. The lowest BCUT2D eigenvalue weighted by molar-refractivity contribution is -0.115. The number of hydrogen-bond donors (Lipinski definition) is 1. The van der Waals surface area contributed by atoms with Gasteiger partial charge in [-0.2, -0.15) is 0 Å². The fourth-order valence-electron chi connectivity index (χ4n) is 1.14. The minimum Gasteiger partial charge on any atom is -0.325 e. The van der Waals surface area contributed by atoms with Crippen molar-refractivity contribution in [1.82, 2.24) is 0 Å². The zero-order valence-electron chi connectivity index (χ0n) is 10.1. The van der Waals surface area contributed by atoms with Crippen LogP contribution >= 0.6 is 10.7 Å². The normalized spacial score (nSPS) is 13.8. The predicted octanol–water partition coefficient (Wildman–Crippen LogP) is 0.986. The van der Waals surface area contributed by atoms with Gasteiger partial charge in [-0.05, 0) is 31.2 Å². The minimum atomic E-state index is -3.82. The molecule has 0 heterocycles. The molecule has 0 radical (unpaired) electrons. The van der Waals surface area contributed by atoms with Crippen molar-refractivity contribution in [3.63, 3.8) is 0 Å². The van der Waals surface area contributed by atoms with Crippen molar-refractivity contribution < 1.29 is 21.6 Å². The molecule has 0 aliphatic heterocycles. The van der Waals surface area contributed by atoms with E-state index in [1.54, 1.807) is 0 Å². The van der Waals surface area contributed by atoms with Crippen LogP contribution in [0.5, 0.6) is 0 Å². The molecular weight excluding hydrogens is 314 g/mol. The molecule has 0 aromatic heterocycles. The Balaban J connectivity index is 2.88. The van der Waals surface area contributed by atoms with Crippen LogP contribution in [0.3, 0.4) is 0 Å². The molecule has 1 atom stereocenters. The number of benzene rings is 1. The summed E-state index contributed by atoms with van der Waals surface area (Å²) in [6, 6.07) is 5.07. The molecular formula is C10H12ClNO5S2. The van der Waals surface area contributed by atoms with E-state index in [9.17, 15) is 21.6 Å². The van der Waals surface area contributed by atoms with E-state index in [4.69, 9.17) is 10.7 Å². The van der Waals surface area contributed by atoms with Crippen LogP contribution in [0.25, 0.3) is 0 Å². The average molecular weight is 326 g/mol. The first kappa shape index (κ1) is 15.9. The number of carbonyl (C=O) groups is 1. The zero-order valence-corrected chi connectivity index (χ0v) is 12.5. The fourth-order valence-corrected chi connectivity index (χ4v) is 2.36. The minimum absolute atomic E-state index is 0.108. The van der Waals surface area contributed by atoms with Crippen LogP contribution < -0.4 is 5.32 Å². The molecule has 0 saturated carbocycles. The Hall–Kier alpha value is -1.12. The summed E-state index contributed by atoms with van der Waals surface area (Å²) < 4.78 is 44.4. The van der Waals surface area contributed by atoms with Crippen molar-refractivity contribution >= 4 is 41.2 Å². The summed E-state index contributed by atoms with van der Waals surface area (Å²) in [5.41, 5.74) is 0.282. The molecule has 1 unspecified atom stereocenters. The molecule has 1 amide bonds. The van der Waals surface area contributed by atoms with Crippen molar-refractivity contribution in [2.24, 2.45) is 0 Å². The summed E-state index contributed by atoms with van der Waals surface area (Å²) in [6.45, 7) is 1.27. The fraction of sp³-hybridized carbons (Fsp3) is 0.300. The maximum Gasteiger partial charge on any atom is 0.261 e. The second-order valence-electron chi connectivity index (χ2n) is 3.92. The molecule has 0 fully saturated rings. The molecule has 0 bridgehead atoms. The van der Waals surface area contributed by atoms with Crippen molar-refractivity contribution in [2.45, 2.75) is 17.1 Å². The molecule has 0 saturated heterocycles. The Labute approximate surface area is 116 Å². The molecule has 0 aliphatic rings. The van der Waals surface area contributed by atoms with Crippen LogP contribution in [0.4, 0.5) is 5.69 Å². The number of carbonyl (C=O) groups excluding carboxylic acids is 1. The van der Waals surface area contributed by atoms with E-state index in [0.29, 0.717) is 0 Å². The molecule has 1 aromatic carbocycles. The first-order valence-electron chi connectivity index (χ1n) is 5.06. The van der Waals surface area contributed by atoms with Gasteiger partial charge in [0, 0.05) is 22.6 Å². The number of nitrogens with one attached hydrogen (secondary N) is 1. The van der Waals surface area contributed by atoms with E-state index >= 15 is 0 Å². The van der Waals surface area contributed by atoms with E-state index in [0.717, 1.165) is 6.26 Å². The van der Waals surface area contributed by atoms with Gasteiger partial charge in [0.25, 0.3) is 9.05 Å². The average Bonchev–Trinajstić information content (AvgIpc) is 2.26. The molecule has 1 N–H and O–H groups in total. The quantitative estimate of drug-likeness (QED) is 0.832. The van der Waals surface area contributed by atoms with Crippen LogP contribution in [0.2, 0.25) is 0 Å². The highest BCUT2D eigenvalue weighted by atomic mass is 35.7. The molecule has 1 aromatic rings. The van der Waals surface area contributed by atoms with Crippen LogP contribution in [0, 0.1) is 0 Å². The summed E-state index contributed by atoms with van der Waals surface area (Å²) >= 11 is 0. The molecule has 19 heavy (non-hydrogen) atoms. The summed E-state index contributed by atoms with van der Waals surface area (Å²) in [4.78, 5) is 11.5. The van der Waals surface area contributed by atoms with Gasteiger partial charge in [-0.3, -0.25) is 4.79 Å². The monoisotopic (exact) mass is 325 g/mol. The third-order valence-corrected chi connectivity index (χ3v) is 5.28. The Kier molecular flexibility index (Phi) is 4.59. The van der Waals surface area contributed by atoms with Gasteiger partial charge in [-0.1, -0.05) is 0 Å². The van der Waals surface area contributed by atoms with E-state index < -0.39 is 30.0 Å². The van der Waals surface area contributed by atoms with Crippen molar-refractivity contribution in [1.29, 1.82) is 0 Å². The number of amides is 1. The van der Waals surface area contributed by atoms with Gasteiger partial charge < -0.3 is 5.32 Å². The Bertz CT molecular complexity index is 679. The SMILES string of the molecule is CC(C(=O)Nc1ccc(S(=O)(=O)Cl)cc1)S(C)(=O)=O. The second-order valence-corrected chi connectivity index (χ2v) is 8.86. The first-order valence-corrected chi connectivity index (χ1v) is 9.32. The highest BCUT2D eigenvalue weighted by molar-refractivity contribution is 8.13. The molecule has 0 spiro atoms. The molecule has 106 valence electrons. The lowest BCUT2D eigenvalue weighted by atomic mass is 10.3. The van der Waals surface area contributed by atoms with Crippen molar-refractivity contribution in [2.75, 3.05) is 11.6 Å². The smallest absolute Gasteiger partial charge is 0.261 e. The maximum atomic E-state index is 11.6. The number of anilines is 1. The van der Waals surface area contributed by atoms with Crippen molar-refractivity contribution in [3.8, 4) is 0 Å². The molecule has 1 rings (SSSR count). The lowest BCUT2D eigenvalue weighted by Gasteiger charge is -2.10. The molecule has 0 aliphatic carbocycles. The van der Waals surface area contributed by atoms with Crippen LogP contribution in [-0.2, 0) is 23.7 Å². The summed E-state index contributed by atoms with van der Waals surface area (Å²) in [5.74, 6) is -0.691. The van der Waals surface area contributed by atoms with Gasteiger partial charge >= 0.3 is 0 Å². The van der Waals surface area contributed by atoms with Crippen LogP contribution in [0.15, 0.2) is 29.2 Å². The van der Waals surface area contributed by atoms with Gasteiger partial charge in [-0.15, -0.1) is 0 Å². The van der Waals surface area contributed by atoms with E-state index in [1.165, 1.54) is 31.2 Å². The third kappa shape index (κ3) is 4.48. The second kappa shape index (κ2) is 5.48. The Morgan fingerprint density at radius 3 is 2.00 bits per heavy atom. The van der Waals surface area contributed by atoms with Gasteiger partial charge in [0.05, 0.1) is 4.90 Å².